The van der Waals surface area contributed by atoms with Crippen molar-refractivity contribution in [3.05, 3.63) is 144 Å². The lowest BCUT2D eigenvalue weighted by molar-refractivity contribution is -0.121. The van der Waals surface area contributed by atoms with Gasteiger partial charge in [-0.1, -0.05) is 26.7 Å². The third-order valence-corrected chi connectivity index (χ3v) is 20.6. The highest BCUT2D eigenvalue weighted by atomic mass is 32.1. The van der Waals surface area contributed by atoms with Gasteiger partial charge >= 0.3 is 0 Å². The Morgan fingerprint density at radius 3 is 1.54 bits per heavy atom. The first-order valence-corrected chi connectivity index (χ1v) is 33.2. The van der Waals surface area contributed by atoms with Gasteiger partial charge in [-0.25, -0.2) is 9.97 Å². The zero-order valence-corrected chi connectivity index (χ0v) is 52.8. The topological polar surface area (TPSA) is 219 Å². The largest absolute Gasteiger partial charge is 0.485 e. The van der Waals surface area contributed by atoms with Crippen LogP contribution in [0.3, 0.4) is 0 Å². The van der Waals surface area contributed by atoms with Gasteiger partial charge in [-0.2, -0.15) is 0 Å². The summed E-state index contributed by atoms with van der Waals surface area (Å²) in [7, 11) is 0. The van der Waals surface area contributed by atoms with Crippen molar-refractivity contribution in [1.29, 1.82) is 0 Å². The zero-order valence-electron chi connectivity index (χ0n) is 48.7. The normalized spacial score (nSPS) is 12.2. The fourth-order valence-corrected chi connectivity index (χ4v) is 16.4. The number of hydrogen-bond acceptors (Lipinski definition) is 23. The first-order valence-electron chi connectivity index (χ1n) is 29.0. The van der Waals surface area contributed by atoms with Crippen LogP contribution in [0.1, 0.15) is 50.7 Å². The van der Waals surface area contributed by atoms with Gasteiger partial charge in [0.25, 0.3) is 25.9 Å². The predicted molar refractivity (Wildman–Crippen MR) is 354 cm³/mol. The molecule has 18 nitrogen and oxygen atoms in total. The Morgan fingerprint density at radius 1 is 0.429 bits per heavy atom. The third kappa shape index (κ3) is 12.7. The van der Waals surface area contributed by atoms with E-state index < -0.39 is 0 Å². The van der Waals surface area contributed by atoms with Crippen LogP contribution in [0.15, 0.2) is 133 Å². The van der Waals surface area contributed by atoms with Crippen molar-refractivity contribution in [3.8, 4) is 132 Å². The summed E-state index contributed by atoms with van der Waals surface area (Å²) >= 11 is 8.66. The Bertz CT molecular complexity index is 4630. The van der Waals surface area contributed by atoms with Crippen molar-refractivity contribution < 1.29 is 57.1 Å². The number of benzene rings is 1. The van der Waals surface area contributed by atoms with E-state index in [9.17, 15) is 19.2 Å². The van der Waals surface area contributed by atoms with Gasteiger partial charge in [-0.05, 0) is 125 Å². The second-order valence-corrected chi connectivity index (χ2v) is 25.5. The maximum atomic E-state index is 11.3. The number of hydrogen-bond donors (Lipinski definition) is 0. The average Bonchev–Trinajstić information content (AvgIpc) is 1.65. The number of fused-ring (bicyclic) bond motifs is 4. The molecule has 0 atom stereocenters. The minimum absolute atomic E-state index is 0.248. The van der Waals surface area contributed by atoms with Gasteiger partial charge in [-0.3, -0.25) is 39.1 Å². The summed E-state index contributed by atoms with van der Waals surface area (Å²) in [5.41, 5.74) is 8.66. The summed E-state index contributed by atoms with van der Waals surface area (Å²) in [5.74, 6) is 3.93. The number of thiophene rings is 5. The van der Waals surface area contributed by atoms with Crippen molar-refractivity contribution >= 4 is 103 Å². The second kappa shape index (κ2) is 27.5. The molecule has 91 heavy (non-hydrogen) atoms. The number of aromatic nitrogens is 6. The van der Waals surface area contributed by atoms with Gasteiger partial charge in [0.2, 0.25) is 0 Å². The molecule has 0 fully saturated rings. The van der Waals surface area contributed by atoms with Gasteiger partial charge in [0, 0.05) is 90.6 Å². The lowest BCUT2D eigenvalue weighted by atomic mass is 9.95. The maximum absolute atomic E-state index is 11.3. The van der Waals surface area contributed by atoms with Crippen LogP contribution in [0.5, 0.6) is 46.0 Å². The maximum Gasteiger partial charge on any atom is 0.298 e. The van der Waals surface area contributed by atoms with Crippen LogP contribution < -0.4 is 37.9 Å². The molecule has 0 aliphatic carbocycles. The van der Waals surface area contributed by atoms with E-state index in [2.05, 4.69) is 63.4 Å². The van der Waals surface area contributed by atoms with Crippen LogP contribution in [0, 0.1) is 0 Å². The van der Waals surface area contributed by atoms with Crippen LogP contribution in [0.4, 0.5) is 0 Å². The number of rotatable bonds is 22. The molecule has 23 heteroatoms. The van der Waals surface area contributed by atoms with Gasteiger partial charge < -0.3 is 37.9 Å². The quantitative estimate of drug-likeness (QED) is 0.0576. The molecule has 0 saturated carbocycles. The summed E-state index contributed by atoms with van der Waals surface area (Å²) in [6.07, 6.45) is 13.4. The number of nitrogens with zero attached hydrogens (tertiary/aromatic N) is 6. The molecule has 0 spiro atoms. The summed E-state index contributed by atoms with van der Waals surface area (Å²) in [5, 5.41) is 7.06. The first-order chi connectivity index (χ1) is 44.8. The van der Waals surface area contributed by atoms with Crippen molar-refractivity contribution in [2.45, 2.75) is 52.4 Å². The lowest BCUT2D eigenvalue weighted by Crippen LogP contribution is -2.15. The Morgan fingerprint density at radius 2 is 0.934 bits per heavy atom. The molecule has 0 N–H and O–H groups in total. The molecular weight excluding hydrogens is 1250 g/mol. The fraction of sp³-hybridized carbons (Fsp3) is 0.176. The van der Waals surface area contributed by atoms with E-state index in [4.69, 9.17) is 47.9 Å². The van der Waals surface area contributed by atoms with Crippen molar-refractivity contribution in [2.24, 2.45) is 0 Å². The molecule has 0 radical (unpaired) electrons. The highest BCUT2D eigenvalue weighted by Crippen LogP contribution is 2.59. The molecule has 456 valence electrons. The Hall–Kier alpha value is -9.78. The van der Waals surface area contributed by atoms with E-state index in [0.717, 1.165) is 49.2 Å². The summed E-state index contributed by atoms with van der Waals surface area (Å²) in [6.45, 7) is 7.78. The van der Waals surface area contributed by atoms with E-state index in [1.54, 1.807) is 72.3 Å². The molecule has 12 aromatic rings. The number of ether oxygens (including phenoxy) is 8. The van der Waals surface area contributed by atoms with Crippen molar-refractivity contribution in [2.75, 3.05) is 26.4 Å². The smallest absolute Gasteiger partial charge is 0.298 e. The van der Waals surface area contributed by atoms with E-state index in [1.165, 1.54) is 102 Å². The van der Waals surface area contributed by atoms with Gasteiger partial charge in [0.15, 0.2) is 23.0 Å². The van der Waals surface area contributed by atoms with Crippen molar-refractivity contribution in [1.82, 2.24) is 29.9 Å². The summed E-state index contributed by atoms with van der Waals surface area (Å²) < 4.78 is 47.2. The van der Waals surface area contributed by atoms with Crippen LogP contribution in [-0.2, 0) is 32.0 Å². The molecule has 2 aliphatic rings. The van der Waals surface area contributed by atoms with Gasteiger partial charge in [0.05, 0.1) is 60.2 Å². The monoisotopic (exact) mass is 1300 g/mol. The Labute approximate surface area is 540 Å². The molecule has 0 bridgehead atoms. The molecule has 0 amide bonds. The predicted octanol–water partition coefficient (Wildman–Crippen LogP) is 16.1. The van der Waals surface area contributed by atoms with Crippen LogP contribution in [0.25, 0.3) is 106 Å². The fourth-order valence-electron chi connectivity index (χ4n) is 10.7. The highest BCUT2D eigenvalue weighted by molar-refractivity contribution is 7.27. The van der Waals surface area contributed by atoms with E-state index in [0.29, 0.717) is 132 Å². The van der Waals surface area contributed by atoms with Gasteiger partial charge in [0.1, 0.15) is 49.4 Å². The number of unbranched alkanes of at least 4 members (excludes halogenated alkanes) is 2. The van der Waals surface area contributed by atoms with E-state index in [1.807, 2.05) is 52.3 Å². The molecule has 2 aliphatic heterocycles. The molecule has 14 rings (SSSR count). The summed E-state index contributed by atoms with van der Waals surface area (Å²) in [4.78, 5) is 77.9. The van der Waals surface area contributed by atoms with Crippen LogP contribution in [-0.4, -0.2) is 82.2 Å². The van der Waals surface area contributed by atoms with E-state index in [-0.39, 0.29) is 5.75 Å². The Balaban J connectivity index is 0.000000168. The molecule has 13 heterocycles. The number of carbonyl (C=O) groups excluding carboxylic acids is 4. The third-order valence-electron chi connectivity index (χ3n) is 14.8. The first kappa shape index (κ1) is 60.1. The van der Waals surface area contributed by atoms with Crippen molar-refractivity contribution in [3.63, 3.8) is 0 Å². The SMILES string of the molecule is CCCCc1c2ccsc2c(CCCC)c2sc(-c3ccc(-c4ccnc(-c5cc(OC=O)cc(-c6cc(OC=O)ccn6)n5)c4)s3)cc12.O=COc1ccnc(-c2cc(OC=O)cc(-c3cc(-c4sc(-c5scc6c5OCCO6)c5c4OCCO5)ccn3)n2)c1. The standard InChI is InChI=1S/C39H33N3O4S3.C29H19N3O8S2/c1-3-5-7-27-28-13-16-47-38(28)29(8-6-4-2)39-30(27)21-37(49-39)36-10-9-35(48-36)24-11-14-40-31(17-24)33-19-26(46-23-44)20-34(42-33)32-18-25(45-22-43)12-15-41-32;33-14-39-17-2-4-31-20(10-17)22-12-18(40-15-34)11-21(32-22)19-9-16(1-3-30-19)27-25-26(38-8-7-37-25)29(42-27)28-24-23(13-41-28)35-5-6-36-24/h9-23H,3-8H2,1-2H3;1-4,9-15H,5-8H2. The minimum atomic E-state index is 0.248. The zero-order chi connectivity index (χ0) is 62.2. The highest BCUT2D eigenvalue weighted by Gasteiger charge is 2.31. The number of aryl methyl sites for hydroxylation is 2. The van der Waals surface area contributed by atoms with Crippen LogP contribution >= 0.6 is 56.7 Å². The lowest BCUT2D eigenvalue weighted by Gasteiger charge is -2.18. The molecule has 0 unspecified atom stereocenters. The second-order valence-electron chi connectivity index (χ2n) is 20.5. The number of carbonyl (C=O) groups is 4. The summed E-state index contributed by atoms with van der Waals surface area (Å²) in [6, 6.07) is 29.6. The molecule has 0 saturated heterocycles. The molecule has 1 aromatic carbocycles. The Kier molecular flexibility index (Phi) is 18.2. The van der Waals surface area contributed by atoms with Crippen LogP contribution in [0.2, 0.25) is 0 Å². The minimum Gasteiger partial charge on any atom is -0.485 e. The van der Waals surface area contributed by atoms with E-state index >= 15 is 0 Å². The molecule has 11 aromatic heterocycles. The average molecular weight is 1310 g/mol. The van der Waals surface area contributed by atoms with Gasteiger partial charge in [-0.15, -0.1) is 56.7 Å². The molecular formula is C68H52N6O12S5. The number of pyridine rings is 6.